The van der Waals surface area contributed by atoms with Gasteiger partial charge in [0.05, 0.1) is 22.2 Å². The number of carbonyl (C=O) groups excluding carboxylic acids is 2. The SMILES string of the molecule is O=C1C(=O)N(c2ccc(F)cc2F)C(c2ccccc2)/C1=C(\O)c1ccc([N+](=O)[O-])cc1. The van der Waals surface area contributed by atoms with Crippen LogP contribution < -0.4 is 4.90 Å². The Bertz CT molecular complexity index is 1270. The zero-order valence-corrected chi connectivity index (χ0v) is 16.2. The number of benzene rings is 3. The quantitative estimate of drug-likeness (QED) is 0.213. The van der Waals surface area contributed by atoms with Gasteiger partial charge in [0.2, 0.25) is 0 Å². The van der Waals surface area contributed by atoms with Crippen LogP contribution in [0.25, 0.3) is 5.76 Å². The van der Waals surface area contributed by atoms with Gasteiger partial charge in [-0.1, -0.05) is 30.3 Å². The second-order valence-electron chi connectivity index (χ2n) is 6.98. The molecule has 1 fully saturated rings. The lowest BCUT2D eigenvalue weighted by atomic mass is 9.95. The molecule has 3 aromatic rings. The minimum Gasteiger partial charge on any atom is -0.507 e. The van der Waals surface area contributed by atoms with Gasteiger partial charge in [0.1, 0.15) is 17.4 Å². The van der Waals surface area contributed by atoms with Gasteiger partial charge in [0.25, 0.3) is 17.4 Å². The Hall–Kier alpha value is -4.40. The zero-order chi connectivity index (χ0) is 23.0. The van der Waals surface area contributed by atoms with E-state index in [1.807, 2.05) is 0 Å². The third-order valence-electron chi connectivity index (χ3n) is 5.08. The van der Waals surface area contributed by atoms with Crippen molar-refractivity contribution in [2.24, 2.45) is 0 Å². The third-order valence-corrected chi connectivity index (χ3v) is 5.08. The van der Waals surface area contributed by atoms with Crippen LogP contribution in [0.4, 0.5) is 20.2 Å². The van der Waals surface area contributed by atoms with Crippen LogP contribution in [-0.4, -0.2) is 21.7 Å². The fourth-order valence-electron chi connectivity index (χ4n) is 3.60. The van der Waals surface area contributed by atoms with E-state index in [0.717, 1.165) is 29.2 Å². The van der Waals surface area contributed by atoms with E-state index in [-0.39, 0.29) is 22.5 Å². The van der Waals surface area contributed by atoms with Gasteiger partial charge in [0, 0.05) is 23.8 Å². The Labute approximate surface area is 180 Å². The topological polar surface area (TPSA) is 101 Å². The van der Waals surface area contributed by atoms with Gasteiger partial charge >= 0.3 is 0 Å². The Morgan fingerprint density at radius 2 is 1.62 bits per heavy atom. The van der Waals surface area contributed by atoms with E-state index in [1.165, 1.54) is 12.1 Å². The lowest BCUT2D eigenvalue weighted by molar-refractivity contribution is -0.384. The number of halogens is 2. The van der Waals surface area contributed by atoms with E-state index in [1.54, 1.807) is 30.3 Å². The molecule has 9 heteroatoms. The molecule has 1 atom stereocenters. The van der Waals surface area contributed by atoms with E-state index < -0.39 is 40.0 Å². The van der Waals surface area contributed by atoms with Crippen LogP contribution in [0.5, 0.6) is 0 Å². The maximum Gasteiger partial charge on any atom is 0.300 e. The molecular formula is C23H14F2N2O5. The molecule has 1 N–H and O–H groups in total. The van der Waals surface area contributed by atoms with Crippen molar-refractivity contribution in [3.05, 3.63) is 111 Å². The first-order valence-corrected chi connectivity index (χ1v) is 9.35. The van der Waals surface area contributed by atoms with Crippen molar-refractivity contribution in [3.63, 3.8) is 0 Å². The largest absolute Gasteiger partial charge is 0.507 e. The van der Waals surface area contributed by atoms with Crippen LogP contribution in [0.2, 0.25) is 0 Å². The van der Waals surface area contributed by atoms with Crippen molar-refractivity contribution in [1.82, 2.24) is 0 Å². The average molecular weight is 436 g/mol. The molecule has 7 nitrogen and oxygen atoms in total. The molecule has 1 amide bonds. The second kappa shape index (κ2) is 8.03. The second-order valence-corrected chi connectivity index (χ2v) is 6.98. The Morgan fingerprint density at radius 3 is 2.22 bits per heavy atom. The van der Waals surface area contributed by atoms with E-state index in [2.05, 4.69) is 0 Å². The predicted octanol–water partition coefficient (Wildman–Crippen LogP) is 4.50. The summed E-state index contributed by atoms with van der Waals surface area (Å²) in [4.78, 5) is 37.0. The van der Waals surface area contributed by atoms with Crippen molar-refractivity contribution >= 4 is 28.8 Å². The van der Waals surface area contributed by atoms with Crippen molar-refractivity contribution in [2.45, 2.75) is 6.04 Å². The Kier molecular flexibility index (Phi) is 5.23. The van der Waals surface area contributed by atoms with E-state index in [4.69, 9.17) is 0 Å². The number of rotatable bonds is 4. The molecule has 0 bridgehead atoms. The number of non-ortho nitro benzene ring substituents is 1. The summed E-state index contributed by atoms with van der Waals surface area (Å²) < 4.78 is 28.0. The molecule has 32 heavy (non-hydrogen) atoms. The number of carbonyl (C=O) groups is 2. The highest BCUT2D eigenvalue weighted by atomic mass is 19.1. The fraction of sp³-hybridized carbons (Fsp3) is 0.0435. The standard InChI is InChI=1S/C23H14F2N2O5/c24-15-8-11-18(17(25)12-15)26-20(13-4-2-1-3-5-13)19(22(29)23(26)30)21(28)14-6-9-16(10-7-14)27(31)32/h1-12,20,28H/b21-19+. The minimum atomic E-state index is -1.20. The summed E-state index contributed by atoms with van der Waals surface area (Å²) in [5, 5.41) is 21.8. The molecule has 4 rings (SSSR count). The number of hydrogen-bond acceptors (Lipinski definition) is 5. The van der Waals surface area contributed by atoms with Crippen molar-refractivity contribution in [1.29, 1.82) is 0 Å². The van der Waals surface area contributed by atoms with E-state index in [9.17, 15) is 33.6 Å². The van der Waals surface area contributed by atoms with Gasteiger partial charge in [-0.15, -0.1) is 0 Å². The van der Waals surface area contributed by atoms with Gasteiger partial charge in [-0.2, -0.15) is 0 Å². The number of nitro groups is 1. The number of nitro benzene ring substituents is 1. The van der Waals surface area contributed by atoms with E-state index in [0.29, 0.717) is 11.6 Å². The lowest BCUT2D eigenvalue weighted by Gasteiger charge is -2.25. The van der Waals surface area contributed by atoms with Crippen LogP contribution >= 0.6 is 0 Å². The number of nitrogens with zero attached hydrogens (tertiary/aromatic N) is 2. The molecule has 3 aromatic carbocycles. The summed E-state index contributed by atoms with van der Waals surface area (Å²) >= 11 is 0. The molecule has 160 valence electrons. The molecule has 1 saturated heterocycles. The van der Waals surface area contributed by atoms with Gasteiger partial charge in [-0.3, -0.25) is 24.6 Å². The molecular weight excluding hydrogens is 422 g/mol. The smallest absolute Gasteiger partial charge is 0.300 e. The molecule has 0 aliphatic carbocycles. The molecule has 0 spiro atoms. The van der Waals surface area contributed by atoms with Crippen molar-refractivity contribution in [3.8, 4) is 0 Å². The summed E-state index contributed by atoms with van der Waals surface area (Å²) in [5.74, 6) is -4.66. The molecule has 0 radical (unpaired) electrons. The maximum absolute atomic E-state index is 14.6. The summed E-state index contributed by atoms with van der Waals surface area (Å²) in [5.41, 5.74) is -0.410. The Balaban J connectivity index is 1.92. The molecule has 1 aliphatic rings. The third kappa shape index (κ3) is 3.49. The fourth-order valence-corrected chi connectivity index (χ4v) is 3.60. The number of amides is 1. The number of anilines is 1. The van der Waals surface area contributed by atoms with E-state index >= 15 is 0 Å². The monoisotopic (exact) mass is 436 g/mol. The van der Waals surface area contributed by atoms with Gasteiger partial charge in [-0.25, -0.2) is 8.78 Å². The molecule has 1 aliphatic heterocycles. The molecule has 0 saturated carbocycles. The summed E-state index contributed by atoms with van der Waals surface area (Å²) in [6.07, 6.45) is 0. The summed E-state index contributed by atoms with van der Waals surface area (Å²) in [6, 6.07) is 14.3. The summed E-state index contributed by atoms with van der Waals surface area (Å²) in [7, 11) is 0. The number of Topliss-reactive ketones (excluding diaryl/α,β-unsaturated/α-hetero) is 1. The van der Waals surface area contributed by atoms with Crippen molar-refractivity contribution < 1.29 is 28.4 Å². The molecule has 1 unspecified atom stereocenters. The molecule has 0 aromatic heterocycles. The predicted molar refractivity (Wildman–Crippen MR) is 111 cm³/mol. The first-order chi connectivity index (χ1) is 15.3. The molecule has 1 heterocycles. The van der Waals surface area contributed by atoms with Gasteiger partial charge in [-0.05, 0) is 29.8 Å². The highest BCUT2D eigenvalue weighted by molar-refractivity contribution is 6.51. The van der Waals surface area contributed by atoms with Crippen LogP contribution in [0.15, 0.2) is 78.4 Å². The number of aliphatic hydroxyl groups excluding tert-OH is 1. The van der Waals surface area contributed by atoms with Gasteiger partial charge in [0.15, 0.2) is 0 Å². The number of aliphatic hydroxyl groups is 1. The average Bonchev–Trinajstić information content (AvgIpc) is 3.04. The lowest BCUT2D eigenvalue weighted by Crippen LogP contribution is -2.30. The number of ketones is 1. The highest BCUT2D eigenvalue weighted by Crippen LogP contribution is 2.43. The minimum absolute atomic E-state index is 0.0640. The normalized spacial score (nSPS) is 17.6. The van der Waals surface area contributed by atoms with Crippen LogP contribution in [0.1, 0.15) is 17.2 Å². The van der Waals surface area contributed by atoms with Gasteiger partial charge < -0.3 is 5.11 Å². The summed E-state index contributed by atoms with van der Waals surface area (Å²) in [6.45, 7) is 0. The van der Waals surface area contributed by atoms with Crippen LogP contribution in [0.3, 0.4) is 0 Å². The van der Waals surface area contributed by atoms with Crippen LogP contribution in [-0.2, 0) is 9.59 Å². The first-order valence-electron chi connectivity index (χ1n) is 9.35. The number of hydrogen-bond donors (Lipinski definition) is 1. The highest BCUT2D eigenvalue weighted by Gasteiger charge is 2.47. The van der Waals surface area contributed by atoms with Crippen molar-refractivity contribution in [2.75, 3.05) is 4.90 Å². The zero-order valence-electron chi connectivity index (χ0n) is 16.2. The van der Waals surface area contributed by atoms with Crippen LogP contribution in [0, 0.1) is 21.7 Å². The first kappa shape index (κ1) is 20.9. The maximum atomic E-state index is 14.6. The Morgan fingerprint density at radius 1 is 0.969 bits per heavy atom.